The first-order valence-corrected chi connectivity index (χ1v) is 15.4. The van der Waals surface area contributed by atoms with Crippen molar-refractivity contribution in [3.05, 3.63) is 89.5 Å². The Morgan fingerprint density at radius 2 is 1.24 bits per heavy atom. The number of rotatable bonds is 19. The predicted molar refractivity (Wildman–Crippen MR) is 159 cm³/mol. The average Bonchev–Trinajstić information content (AvgIpc) is 3.24. The van der Waals surface area contributed by atoms with Crippen molar-refractivity contribution in [1.82, 2.24) is 4.57 Å². The molecule has 0 fully saturated rings. The number of benzene rings is 2. The van der Waals surface area contributed by atoms with E-state index in [1.54, 1.807) is 0 Å². The van der Waals surface area contributed by atoms with Gasteiger partial charge in [-0.3, -0.25) is 0 Å². The van der Waals surface area contributed by atoms with Crippen molar-refractivity contribution in [2.45, 2.75) is 130 Å². The molecule has 0 spiro atoms. The van der Waals surface area contributed by atoms with Crippen molar-refractivity contribution >= 4 is 0 Å². The highest BCUT2D eigenvalue weighted by Gasteiger charge is 2.25. The fraction of sp³-hybridized carbons (Fsp3) is 0.571. The van der Waals surface area contributed by atoms with Crippen LogP contribution in [0.3, 0.4) is 0 Å². The summed E-state index contributed by atoms with van der Waals surface area (Å²) in [6, 6.07) is 22.2. The van der Waals surface area contributed by atoms with Crippen LogP contribution in [-0.4, -0.2) is 4.57 Å². The van der Waals surface area contributed by atoms with Crippen LogP contribution < -0.4 is 4.57 Å². The SMILES string of the molecule is CCCCCCCCCCn1cc(CC(C)c2ccccc2)[n+](CCCCCC)c1Cc1ccccc1. The van der Waals surface area contributed by atoms with Crippen molar-refractivity contribution in [2.75, 3.05) is 0 Å². The number of aromatic nitrogens is 2. The molecule has 0 aliphatic carbocycles. The molecule has 2 nitrogen and oxygen atoms in total. The van der Waals surface area contributed by atoms with E-state index in [1.807, 2.05) is 0 Å². The van der Waals surface area contributed by atoms with Crippen LogP contribution in [-0.2, 0) is 25.9 Å². The molecule has 0 amide bonds. The molecule has 1 heterocycles. The summed E-state index contributed by atoms with van der Waals surface area (Å²) < 4.78 is 5.32. The first kappa shape index (κ1) is 29.2. The second kappa shape index (κ2) is 17.2. The van der Waals surface area contributed by atoms with Crippen LogP contribution in [0.5, 0.6) is 0 Å². The summed E-state index contributed by atoms with van der Waals surface area (Å²) in [6.07, 6.45) is 20.8. The van der Waals surface area contributed by atoms with E-state index in [1.165, 1.54) is 99.7 Å². The Labute approximate surface area is 228 Å². The highest BCUT2D eigenvalue weighted by molar-refractivity contribution is 5.21. The second-order valence-electron chi connectivity index (χ2n) is 11.1. The lowest BCUT2D eigenvalue weighted by Crippen LogP contribution is -2.41. The van der Waals surface area contributed by atoms with Gasteiger partial charge in [-0.15, -0.1) is 0 Å². The van der Waals surface area contributed by atoms with Crippen LogP contribution in [0.25, 0.3) is 0 Å². The topological polar surface area (TPSA) is 8.81 Å². The highest BCUT2D eigenvalue weighted by atomic mass is 15.2. The van der Waals surface area contributed by atoms with Gasteiger partial charge < -0.3 is 0 Å². The summed E-state index contributed by atoms with van der Waals surface area (Å²) in [6.45, 7) is 9.29. The number of nitrogens with zero attached hydrogens (tertiary/aromatic N) is 2. The molecular formula is C35H53N2+. The van der Waals surface area contributed by atoms with Gasteiger partial charge in [0.25, 0.3) is 5.82 Å². The van der Waals surface area contributed by atoms with Gasteiger partial charge in [0.1, 0.15) is 11.9 Å². The molecule has 2 heteroatoms. The zero-order chi connectivity index (χ0) is 26.1. The van der Waals surface area contributed by atoms with Gasteiger partial charge in [0, 0.05) is 6.42 Å². The van der Waals surface area contributed by atoms with Gasteiger partial charge in [-0.05, 0) is 42.7 Å². The van der Waals surface area contributed by atoms with Crippen LogP contribution in [0.4, 0.5) is 0 Å². The monoisotopic (exact) mass is 501 g/mol. The molecule has 0 aliphatic heterocycles. The first-order valence-electron chi connectivity index (χ1n) is 15.4. The van der Waals surface area contributed by atoms with Gasteiger partial charge >= 0.3 is 0 Å². The van der Waals surface area contributed by atoms with Gasteiger partial charge in [-0.1, -0.05) is 133 Å². The smallest absolute Gasteiger partial charge is 0.234 e. The average molecular weight is 502 g/mol. The van der Waals surface area contributed by atoms with Crippen molar-refractivity contribution in [3.63, 3.8) is 0 Å². The van der Waals surface area contributed by atoms with Gasteiger partial charge in [0.15, 0.2) is 0 Å². The summed E-state index contributed by atoms with van der Waals surface area (Å²) in [5, 5.41) is 0. The number of hydrogen-bond donors (Lipinski definition) is 0. The lowest BCUT2D eigenvalue weighted by atomic mass is 9.96. The van der Waals surface area contributed by atoms with E-state index in [4.69, 9.17) is 0 Å². The quantitative estimate of drug-likeness (QED) is 0.114. The van der Waals surface area contributed by atoms with Crippen molar-refractivity contribution < 1.29 is 4.57 Å². The number of hydrogen-bond acceptors (Lipinski definition) is 0. The molecule has 1 aromatic heterocycles. The lowest BCUT2D eigenvalue weighted by Gasteiger charge is -2.12. The van der Waals surface area contributed by atoms with Gasteiger partial charge in [0.05, 0.1) is 19.5 Å². The number of aryl methyl sites for hydroxylation is 1. The molecule has 0 aliphatic rings. The third kappa shape index (κ3) is 10.1. The third-order valence-electron chi connectivity index (χ3n) is 7.87. The summed E-state index contributed by atoms with van der Waals surface area (Å²) in [5.41, 5.74) is 4.38. The maximum absolute atomic E-state index is 2.70. The van der Waals surface area contributed by atoms with E-state index < -0.39 is 0 Å². The number of unbranched alkanes of at least 4 members (excludes halogenated alkanes) is 10. The van der Waals surface area contributed by atoms with E-state index in [9.17, 15) is 0 Å². The summed E-state index contributed by atoms with van der Waals surface area (Å²) >= 11 is 0. The zero-order valence-corrected chi connectivity index (χ0v) is 24.1. The molecule has 0 N–H and O–H groups in total. The first-order chi connectivity index (χ1) is 18.2. The van der Waals surface area contributed by atoms with Crippen LogP contribution in [0, 0.1) is 0 Å². The van der Waals surface area contributed by atoms with Gasteiger partial charge in [-0.2, -0.15) is 0 Å². The Morgan fingerprint density at radius 3 is 1.89 bits per heavy atom. The fourth-order valence-electron chi connectivity index (χ4n) is 5.58. The minimum absolute atomic E-state index is 0.520. The minimum atomic E-state index is 0.520. The van der Waals surface area contributed by atoms with Crippen LogP contribution in [0.15, 0.2) is 66.9 Å². The molecule has 2 aromatic carbocycles. The molecule has 202 valence electrons. The standard InChI is InChI=1S/C35H53N2/c1-4-6-8-10-11-12-13-20-26-36-30-34(28-31(3)33-24-18-15-19-25-33)37(27-21-9-7-5-2)35(36)29-32-22-16-14-17-23-32/h14-19,22-25,30-31H,4-13,20-21,26-29H2,1-3H3/q+1. The van der Waals surface area contributed by atoms with Crippen LogP contribution >= 0.6 is 0 Å². The Kier molecular flexibility index (Phi) is 13.6. The fourth-order valence-corrected chi connectivity index (χ4v) is 5.58. The Morgan fingerprint density at radius 1 is 0.676 bits per heavy atom. The van der Waals surface area contributed by atoms with Crippen molar-refractivity contribution in [1.29, 1.82) is 0 Å². The number of imidazole rings is 1. The molecule has 3 aromatic rings. The van der Waals surface area contributed by atoms with Crippen LogP contribution in [0.2, 0.25) is 0 Å². The van der Waals surface area contributed by atoms with E-state index in [0.29, 0.717) is 5.92 Å². The van der Waals surface area contributed by atoms with Crippen LogP contribution in [0.1, 0.15) is 126 Å². The molecular weight excluding hydrogens is 448 g/mol. The van der Waals surface area contributed by atoms with E-state index in [0.717, 1.165) is 25.9 Å². The van der Waals surface area contributed by atoms with Crippen molar-refractivity contribution in [2.24, 2.45) is 0 Å². The molecule has 37 heavy (non-hydrogen) atoms. The lowest BCUT2D eigenvalue weighted by molar-refractivity contribution is -0.710. The molecule has 0 saturated heterocycles. The normalized spacial score (nSPS) is 12.2. The minimum Gasteiger partial charge on any atom is -0.234 e. The Hall–Kier alpha value is -2.35. The summed E-state index contributed by atoms with van der Waals surface area (Å²) in [5.74, 6) is 2.02. The van der Waals surface area contributed by atoms with Gasteiger partial charge in [-0.25, -0.2) is 9.13 Å². The van der Waals surface area contributed by atoms with E-state index in [-0.39, 0.29) is 0 Å². The largest absolute Gasteiger partial charge is 0.261 e. The Balaban J connectivity index is 1.78. The van der Waals surface area contributed by atoms with E-state index in [2.05, 4.69) is 96.8 Å². The molecule has 1 atom stereocenters. The third-order valence-corrected chi connectivity index (χ3v) is 7.87. The Bertz CT molecular complexity index is 973. The predicted octanol–water partition coefficient (Wildman–Crippen LogP) is 9.43. The second-order valence-corrected chi connectivity index (χ2v) is 11.1. The molecule has 1 unspecified atom stereocenters. The molecule has 0 bridgehead atoms. The molecule has 0 radical (unpaired) electrons. The summed E-state index contributed by atoms with van der Waals surface area (Å²) in [7, 11) is 0. The maximum Gasteiger partial charge on any atom is 0.261 e. The van der Waals surface area contributed by atoms with E-state index >= 15 is 0 Å². The summed E-state index contributed by atoms with van der Waals surface area (Å²) in [4.78, 5) is 0. The van der Waals surface area contributed by atoms with Crippen molar-refractivity contribution in [3.8, 4) is 0 Å². The molecule has 3 rings (SSSR count). The maximum atomic E-state index is 2.70. The molecule has 0 saturated carbocycles. The zero-order valence-electron chi connectivity index (χ0n) is 24.1. The van der Waals surface area contributed by atoms with Gasteiger partial charge in [0.2, 0.25) is 0 Å². The highest BCUT2D eigenvalue weighted by Crippen LogP contribution is 2.21.